The van der Waals surface area contributed by atoms with E-state index in [9.17, 15) is 61.0 Å². The van der Waals surface area contributed by atoms with E-state index in [-0.39, 0.29) is 18.9 Å². The number of carbonyl (C=O) groups excluding carboxylic acids is 1. The Morgan fingerprint density at radius 2 is 1.00 bits per heavy atom. The summed E-state index contributed by atoms with van der Waals surface area (Å²) >= 11 is 0. The molecule has 1 amide bonds. The van der Waals surface area contributed by atoms with Gasteiger partial charge in [-0.3, -0.25) is 4.79 Å². The van der Waals surface area contributed by atoms with Gasteiger partial charge in [-0.05, 0) is 25.7 Å². The Balaban J connectivity index is 1.46. The first-order valence-corrected chi connectivity index (χ1v) is 23.1. The van der Waals surface area contributed by atoms with Crippen molar-refractivity contribution < 1.29 is 89.4 Å². The van der Waals surface area contributed by atoms with Crippen LogP contribution in [0.3, 0.4) is 0 Å². The molecule has 0 radical (unpaired) electrons. The quantitative estimate of drug-likeness (QED) is 0.0325. The van der Waals surface area contributed by atoms with Crippen molar-refractivity contribution in [3.8, 4) is 0 Å². The normalized spacial score (nSPS) is 35.0. The highest BCUT2D eigenvalue weighted by Crippen LogP contribution is 2.33. The number of hydrogen-bond acceptors (Lipinski definition) is 18. The average molecular weight is 910 g/mol. The lowest BCUT2D eigenvalue weighted by atomic mass is 9.96. The van der Waals surface area contributed by atoms with Crippen molar-refractivity contribution >= 4 is 5.91 Å². The SMILES string of the molecule is CCCCCCCCCCCCCC/C=C/CC/C=C/C(O)C(COC1OC(CO)C(OC2OC(CO)C(OC3OC(CO)C(O)C(O)C3O)C(O)C2O)C(O)C1O)NC(=O)CC. The first kappa shape index (κ1) is 55.6. The van der Waals surface area contributed by atoms with Gasteiger partial charge < -0.3 is 89.9 Å². The van der Waals surface area contributed by atoms with E-state index < -0.39 is 124 Å². The number of allylic oxidation sites excluding steroid dienone is 3. The van der Waals surface area contributed by atoms with E-state index in [1.807, 2.05) is 0 Å². The van der Waals surface area contributed by atoms with Crippen molar-refractivity contribution in [1.82, 2.24) is 5.32 Å². The number of nitrogens with one attached hydrogen (secondary N) is 1. The van der Waals surface area contributed by atoms with Crippen LogP contribution in [0.4, 0.5) is 0 Å². The minimum Gasteiger partial charge on any atom is -0.394 e. The Morgan fingerprint density at radius 3 is 1.52 bits per heavy atom. The third-order valence-electron chi connectivity index (χ3n) is 11.8. The van der Waals surface area contributed by atoms with Gasteiger partial charge in [0.05, 0.1) is 38.6 Å². The molecule has 3 aliphatic rings. The first-order valence-electron chi connectivity index (χ1n) is 23.1. The molecule has 0 spiro atoms. The highest BCUT2D eigenvalue weighted by atomic mass is 16.8. The molecule has 19 heteroatoms. The zero-order valence-electron chi connectivity index (χ0n) is 37.0. The number of carbonyl (C=O) groups is 1. The molecule has 3 fully saturated rings. The summed E-state index contributed by atoms with van der Waals surface area (Å²) in [5.41, 5.74) is 0. The van der Waals surface area contributed by atoms with E-state index in [0.29, 0.717) is 6.42 Å². The van der Waals surface area contributed by atoms with Crippen LogP contribution >= 0.6 is 0 Å². The van der Waals surface area contributed by atoms with Gasteiger partial charge in [-0.25, -0.2) is 0 Å². The van der Waals surface area contributed by atoms with Crippen LogP contribution in [0, 0.1) is 0 Å². The fourth-order valence-corrected chi connectivity index (χ4v) is 7.82. The Bertz CT molecular complexity index is 1280. The van der Waals surface area contributed by atoms with Crippen molar-refractivity contribution in [1.29, 1.82) is 0 Å². The number of amides is 1. The lowest BCUT2D eigenvalue weighted by molar-refractivity contribution is -0.379. The maximum Gasteiger partial charge on any atom is 0.220 e. The summed E-state index contributed by atoms with van der Waals surface area (Å²) in [6, 6.07) is -0.981. The fourth-order valence-electron chi connectivity index (χ4n) is 7.82. The van der Waals surface area contributed by atoms with Gasteiger partial charge in [0, 0.05) is 6.42 Å². The minimum atomic E-state index is -1.97. The summed E-state index contributed by atoms with van der Waals surface area (Å²) in [7, 11) is 0. The number of rotatable bonds is 30. The topological polar surface area (TPSA) is 307 Å². The smallest absolute Gasteiger partial charge is 0.220 e. The standard InChI is InChI=1S/C44H79NO18/c1-3-5-6-7-8-9-10-11-12-13-14-15-16-17-18-19-20-21-22-28(49)27(45-32(50)4-2)26-58-42-38(56)35(53)40(30(24-47)60-42)63-44-39(57)36(54)41(31(25-48)61-44)62-43-37(55)34(52)33(51)29(23-46)59-43/h17-18,21-22,27-31,33-44,46-49,51-57H,3-16,19-20,23-26H2,1-2H3,(H,45,50)/b18-17+,22-21+. The molecule has 3 heterocycles. The summed E-state index contributed by atoms with van der Waals surface area (Å²) in [4.78, 5) is 12.3. The molecule has 0 aromatic heterocycles. The number of hydrogen-bond donors (Lipinski definition) is 12. The highest BCUT2D eigenvalue weighted by molar-refractivity contribution is 5.75. The predicted molar refractivity (Wildman–Crippen MR) is 226 cm³/mol. The van der Waals surface area contributed by atoms with Crippen LogP contribution in [0.5, 0.6) is 0 Å². The largest absolute Gasteiger partial charge is 0.394 e. The number of ether oxygens (including phenoxy) is 6. The number of unbranched alkanes of at least 4 members (excludes halogenated alkanes) is 13. The Morgan fingerprint density at radius 1 is 0.556 bits per heavy atom. The molecule has 0 aliphatic carbocycles. The van der Waals surface area contributed by atoms with Gasteiger partial charge in [-0.2, -0.15) is 0 Å². The van der Waals surface area contributed by atoms with Gasteiger partial charge in [0.2, 0.25) is 5.91 Å². The zero-order valence-corrected chi connectivity index (χ0v) is 37.0. The van der Waals surface area contributed by atoms with E-state index >= 15 is 0 Å². The molecule has 3 aliphatic heterocycles. The molecule has 12 N–H and O–H groups in total. The molecular formula is C44H79NO18. The Labute approximate surface area is 371 Å². The number of aliphatic hydroxyl groups is 11. The van der Waals surface area contributed by atoms with Crippen LogP contribution in [0.1, 0.15) is 117 Å². The summed E-state index contributed by atoms with van der Waals surface area (Å²) in [5.74, 6) is -0.376. The van der Waals surface area contributed by atoms with Crippen LogP contribution in [-0.4, -0.2) is 193 Å². The maximum absolute atomic E-state index is 12.3. The Hall–Kier alpha value is -1.73. The average Bonchev–Trinajstić information content (AvgIpc) is 3.28. The molecule has 368 valence electrons. The van der Waals surface area contributed by atoms with E-state index in [1.165, 1.54) is 70.6 Å². The van der Waals surface area contributed by atoms with Crippen molar-refractivity contribution in [2.75, 3.05) is 26.4 Å². The molecule has 19 nitrogen and oxygen atoms in total. The van der Waals surface area contributed by atoms with Gasteiger partial charge in [-0.1, -0.05) is 109 Å². The molecular weight excluding hydrogens is 830 g/mol. The van der Waals surface area contributed by atoms with Crippen molar-refractivity contribution in [2.45, 2.75) is 221 Å². The number of aliphatic hydroxyl groups excluding tert-OH is 11. The molecule has 0 bridgehead atoms. The van der Waals surface area contributed by atoms with Gasteiger partial charge in [-0.15, -0.1) is 0 Å². The van der Waals surface area contributed by atoms with E-state index in [0.717, 1.165) is 19.3 Å². The van der Waals surface area contributed by atoms with Gasteiger partial charge in [0.1, 0.15) is 73.2 Å². The van der Waals surface area contributed by atoms with Crippen molar-refractivity contribution in [3.63, 3.8) is 0 Å². The second-order valence-electron chi connectivity index (χ2n) is 16.8. The van der Waals surface area contributed by atoms with Crippen molar-refractivity contribution in [3.05, 3.63) is 24.3 Å². The second-order valence-corrected chi connectivity index (χ2v) is 16.8. The van der Waals surface area contributed by atoms with E-state index in [4.69, 9.17) is 28.4 Å². The van der Waals surface area contributed by atoms with Gasteiger partial charge >= 0.3 is 0 Å². The van der Waals surface area contributed by atoms with Gasteiger partial charge in [0.25, 0.3) is 0 Å². The van der Waals surface area contributed by atoms with Gasteiger partial charge in [0.15, 0.2) is 18.9 Å². The lowest BCUT2D eigenvalue weighted by Gasteiger charge is -2.48. The molecule has 0 aromatic carbocycles. The first-order chi connectivity index (χ1) is 30.3. The van der Waals surface area contributed by atoms with E-state index in [1.54, 1.807) is 19.1 Å². The zero-order chi connectivity index (χ0) is 46.3. The lowest BCUT2D eigenvalue weighted by Crippen LogP contribution is -2.66. The second kappa shape index (κ2) is 30.5. The molecule has 63 heavy (non-hydrogen) atoms. The molecule has 17 atom stereocenters. The van der Waals surface area contributed by atoms with Crippen LogP contribution in [0.15, 0.2) is 24.3 Å². The van der Waals surface area contributed by atoms with Crippen molar-refractivity contribution in [2.24, 2.45) is 0 Å². The summed E-state index contributed by atoms with van der Waals surface area (Å²) in [6.45, 7) is 1.08. The monoisotopic (exact) mass is 910 g/mol. The van der Waals surface area contributed by atoms with E-state index in [2.05, 4.69) is 24.4 Å². The molecule has 3 saturated heterocycles. The third kappa shape index (κ3) is 17.8. The highest BCUT2D eigenvalue weighted by Gasteiger charge is 2.53. The third-order valence-corrected chi connectivity index (χ3v) is 11.8. The van der Waals surface area contributed by atoms with Crippen LogP contribution in [-0.2, 0) is 33.2 Å². The molecule has 0 aromatic rings. The summed E-state index contributed by atoms with van der Waals surface area (Å²) < 4.78 is 33.6. The molecule has 17 unspecified atom stereocenters. The van der Waals surface area contributed by atoms with Crippen LogP contribution < -0.4 is 5.32 Å². The minimum absolute atomic E-state index is 0.116. The predicted octanol–water partition coefficient (Wildman–Crippen LogP) is -0.309. The summed E-state index contributed by atoms with van der Waals surface area (Å²) in [5, 5.41) is 118. The molecule has 0 saturated carbocycles. The summed E-state index contributed by atoms with van der Waals surface area (Å²) in [6.07, 6.45) is -0.911. The maximum atomic E-state index is 12.3. The Kier molecular flexibility index (Phi) is 26.9. The molecule has 3 rings (SSSR count). The van der Waals surface area contributed by atoms with Crippen LogP contribution in [0.25, 0.3) is 0 Å². The van der Waals surface area contributed by atoms with Crippen LogP contribution in [0.2, 0.25) is 0 Å². The fraction of sp³-hybridized carbons (Fsp3) is 0.886.